The maximum absolute atomic E-state index is 12.7. The molecule has 1 unspecified atom stereocenters. The van der Waals surface area contributed by atoms with Crippen molar-refractivity contribution in [3.05, 3.63) is 35.4 Å². The lowest BCUT2D eigenvalue weighted by Gasteiger charge is -2.36. The van der Waals surface area contributed by atoms with Crippen molar-refractivity contribution in [3.63, 3.8) is 0 Å². The van der Waals surface area contributed by atoms with E-state index in [2.05, 4.69) is 26.1 Å². The Morgan fingerprint density at radius 3 is 2.72 bits per heavy atom. The number of nitrogens with one attached hydrogen (secondary N) is 1. The summed E-state index contributed by atoms with van der Waals surface area (Å²) >= 11 is 0. The van der Waals surface area contributed by atoms with Crippen LogP contribution in [0.25, 0.3) is 0 Å². The van der Waals surface area contributed by atoms with Crippen LogP contribution in [0.5, 0.6) is 0 Å². The third-order valence-electron chi connectivity index (χ3n) is 5.42. The van der Waals surface area contributed by atoms with Crippen LogP contribution in [0.2, 0.25) is 0 Å². The normalized spacial score (nSPS) is 23.3. The second-order valence-corrected chi connectivity index (χ2v) is 7.67. The average molecular weight is 345 g/mol. The Hall–Kier alpha value is -1.84. The first-order valence-corrected chi connectivity index (χ1v) is 9.37. The Bertz CT molecular complexity index is 597. The van der Waals surface area contributed by atoms with Crippen LogP contribution >= 0.6 is 0 Å². The first kappa shape index (κ1) is 19.5. The van der Waals surface area contributed by atoms with Gasteiger partial charge in [0.15, 0.2) is 0 Å². The van der Waals surface area contributed by atoms with E-state index in [9.17, 15) is 9.59 Å². The molecule has 1 saturated carbocycles. The van der Waals surface area contributed by atoms with Gasteiger partial charge in [-0.2, -0.15) is 0 Å². The van der Waals surface area contributed by atoms with E-state index in [4.69, 9.17) is 4.74 Å². The van der Waals surface area contributed by atoms with Gasteiger partial charge in [-0.3, -0.25) is 4.79 Å². The Morgan fingerprint density at radius 2 is 2.04 bits per heavy atom. The van der Waals surface area contributed by atoms with Crippen molar-refractivity contribution in [3.8, 4) is 0 Å². The molecule has 1 N–H and O–H groups in total. The molecule has 0 aromatic heterocycles. The highest BCUT2D eigenvalue weighted by atomic mass is 16.5. The van der Waals surface area contributed by atoms with E-state index in [1.165, 1.54) is 13.5 Å². The number of ether oxygens (including phenoxy) is 1. The van der Waals surface area contributed by atoms with Crippen molar-refractivity contribution >= 4 is 11.9 Å². The van der Waals surface area contributed by atoms with Gasteiger partial charge in [-0.1, -0.05) is 39.3 Å². The predicted molar refractivity (Wildman–Crippen MR) is 99.3 cm³/mol. The fourth-order valence-electron chi connectivity index (χ4n) is 3.94. The molecule has 0 saturated heterocycles. The van der Waals surface area contributed by atoms with E-state index in [-0.39, 0.29) is 17.8 Å². The SMILES string of the molecule is COC(=O)c1cccc(CCNC(=O)[C@@H]2CC(C)CC[C@H]2C(C)C)c1. The summed E-state index contributed by atoms with van der Waals surface area (Å²) in [5, 5.41) is 3.11. The van der Waals surface area contributed by atoms with Gasteiger partial charge in [0.25, 0.3) is 0 Å². The maximum Gasteiger partial charge on any atom is 0.337 e. The van der Waals surface area contributed by atoms with Gasteiger partial charge < -0.3 is 10.1 Å². The number of esters is 1. The lowest BCUT2D eigenvalue weighted by molar-refractivity contribution is -0.129. The second kappa shape index (κ2) is 9.02. The Kier molecular flexibility index (Phi) is 7.03. The van der Waals surface area contributed by atoms with Gasteiger partial charge >= 0.3 is 5.97 Å². The van der Waals surface area contributed by atoms with Gasteiger partial charge in [0.1, 0.15) is 0 Å². The Labute approximate surface area is 151 Å². The second-order valence-electron chi connectivity index (χ2n) is 7.67. The zero-order valence-electron chi connectivity index (χ0n) is 15.9. The van der Waals surface area contributed by atoms with E-state index < -0.39 is 0 Å². The fourth-order valence-corrected chi connectivity index (χ4v) is 3.94. The number of hydrogen-bond donors (Lipinski definition) is 1. The smallest absolute Gasteiger partial charge is 0.337 e. The first-order valence-electron chi connectivity index (χ1n) is 9.37. The van der Waals surface area contributed by atoms with Crippen LogP contribution in [0.1, 0.15) is 56.0 Å². The Balaban J connectivity index is 1.90. The van der Waals surface area contributed by atoms with Crippen molar-refractivity contribution in [1.82, 2.24) is 5.32 Å². The van der Waals surface area contributed by atoms with E-state index >= 15 is 0 Å². The summed E-state index contributed by atoms with van der Waals surface area (Å²) in [5.41, 5.74) is 1.58. The highest BCUT2D eigenvalue weighted by Crippen LogP contribution is 2.38. The minimum Gasteiger partial charge on any atom is -0.465 e. The molecule has 0 aliphatic heterocycles. The van der Waals surface area contributed by atoms with Crippen LogP contribution in [0.3, 0.4) is 0 Å². The molecule has 3 atom stereocenters. The number of rotatable bonds is 6. The Morgan fingerprint density at radius 1 is 1.28 bits per heavy atom. The lowest BCUT2D eigenvalue weighted by Crippen LogP contribution is -2.40. The molecule has 1 aliphatic rings. The predicted octanol–water partition coefficient (Wildman–Crippen LogP) is 3.84. The van der Waals surface area contributed by atoms with Crippen LogP contribution in [-0.4, -0.2) is 25.5 Å². The van der Waals surface area contributed by atoms with Crippen molar-refractivity contribution in [2.45, 2.75) is 46.5 Å². The van der Waals surface area contributed by atoms with Crippen LogP contribution in [-0.2, 0) is 16.0 Å². The minimum atomic E-state index is -0.332. The molecule has 0 heterocycles. The molecule has 0 spiro atoms. The first-order chi connectivity index (χ1) is 11.9. The van der Waals surface area contributed by atoms with E-state index in [1.807, 2.05) is 18.2 Å². The molecule has 4 heteroatoms. The standard InChI is InChI=1S/C21H31NO3/c1-14(2)18-9-8-15(3)12-19(18)20(23)22-11-10-16-6-5-7-17(13-16)21(24)25-4/h5-7,13-15,18-19H,8-12H2,1-4H3,(H,22,23)/t15?,18-,19+/m0/s1. The van der Waals surface area contributed by atoms with Gasteiger partial charge in [-0.25, -0.2) is 4.79 Å². The number of benzene rings is 1. The van der Waals surface area contributed by atoms with Crippen molar-refractivity contribution in [2.24, 2.45) is 23.7 Å². The molecule has 1 amide bonds. The van der Waals surface area contributed by atoms with Gasteiger partial charge in [-0.05, 0) is 54.7 Å². The molecule has 0 radical (unpaired) electrons. The van der Waals surface area contributed by atoms with Crippen molar-refractivity contribution in [1.29, 1.82) is 0 Å². The van der Waals surface area contributed by atoms with Crippen LogP contribution in [0.15, 0.2) is 24.3 Å². The molecule has 1 aliphatic carbocycles. The molecule has 25 heavy (non-hydrogen) atoms. The number of carbonyl (C=O) groups excluding carboxylic acids is 2. The summed E-state index contributed by atoms with van der Waals surface area (Å²) in [6.45, 7) is 7.28. The number of hydrogen-bond acceptors (Lipinski definition) is 3. The summed E-state index contributed by atoms with van der Waals surface area (Å²) in [7, 11) is 1.38. The van der Waals surface area contributed by atoms with Crippen LogP contribution in [0, 0.1) is 23.7 Å². The molecule has 1 fully saturated rings. The summed E-state index contributed by atoms with van der Waals surface area (Å²) in [5.74, 6) is 1.64. The number of amides is 1. The molecule has 0 bridgehead atoms. The van der Waals surface area contributed by atoms with Gasteiger partial charge in [0, 0.05) is 12.5 Å². The third kappa shape index (κ3) is 5.32. The van der Waals surface area contributed by atoms with E-state index in [0.29, 0.717) is 36.3 Å². The van der Waals surface area contributed by atoms with Gasteiger partial charge in [0.05, 0.1) is 12.7 Å². The lowest BCUT2D eigenvalue weighted by atomic mass is 9.70. The fraction of sp³-hybridized carbons (Fsp3) is 0.619. The largest absolute Gasteiger partial charge is 0.465 e. The topological polar surface area (TPSA) is 55.4 Å². The number of methoxy groups -OCH3 is 1. The van der Waals surface area contributed by atoms with E-state index in [0.717, 1.165) is 18.4 Å². The zero-order valence-corrected chi connectivity index (χ0v) is 15.9. The average Bonchev–Trinajstić information content (AvgIpc) is 2.60. The molecule has 1 aromatic rings. The molecule has 1 aromatic carbocycles. The summed E-state index contributed by atoms with van der Waals surface area (Å²) in [4.78, 5) is 24.3. The zero-order chi connectivity index (χ0) is 18.4. The highest BCUT2D eigenvalue weighted by molar-refractivity contribution is 5.89. The molecule has 4 nitrogen and oxygen atoms in total. The summed E-state index contributed by atoms with van der Waals surface area (Å²) in [6, 6.07) is 7.39. The molecular weight excluding hydrogens is 314 g/mol. The molecule has 2 rings (SSSR count). The van der Waals surface area contributed by atoms with Crippen LogP contribution < -0.4 is 5.32 Å². The molecular formula is C21H31NO3. The van der Waals surface area contributed by atoms with Crippen molar-refractivity contribution in [2.75, 3.05) is 13.7 Å². The van der Waals surface area contributed by atoms with Crippen LogP contribution in [0.4, 0.5) is 0 Å². The molecule has 138 valence electrons. The monoisotopic (exact) mass is 345 g/mol. The van der Waals surface area contributed by atoms with Crippen molar-refractivity contribution < 1.29 is 14.3 Å². The number of carbonyl (C=O) groups is 2. The van der Waals surface area contributed by atoms with E-state index in [1.54, 1.807) is 6.07 Å². The quantitative estimate of drug-likeness (QED) is 0.797. The minimum absolute atomic E-state index is 0.130. The maximum atomic E-state index is 12.7. The summed E-state index contributed by atoms with van der Waals surface area (Å²) < 4.78 is 4.75. The van der Waals surface area contributed by atoms with Gasteiger partial charge in [-0.15, -0.1) is 0 Å². The third-order valence-corrected chi connectivity index (χ3v) is 5.42. The highest BCUT2D eigenvalue weighted by Gasteiger charge is 2.35. The van der Waals surface area contributed by atoms with Gasteiger partial charge in [0.2, 0.25) is 5.91 Å². The summed E-state index contributed by atoms with van der Waals surface area (Å²) in [6.07, 6.45) is 4.09.